The molecule has 0 spiro atoms. The molecule has 3 aliphatic rings. The van der Waals surface area contributed by atoms with Crippen LogP contribution >= 0.6 is 0 Å². The fourth-order valence-electron chi connectivity index (χ4n) is 3.98. The SMILES string of the molecule is C[C@H]1O[C@@H](O[C@H]2[C@H](O[C@H]3[C@H](O)[C@@H](O)C(O)O[C@@H]3CO)O[C@H](CO)[C@H](O)[C@@H]2O)[C@H](O)[C@@H](O)[C@H]1O. The molecule has 0 aromatic heterocycles. The van der Waals surface area contributed by atoms with Crippen molar-refractivity contribution in [3.05, 3.63) is 0 Å². The van der Waals surface area contributed by atoms with Crippen molar-refractivity contribution in [2.45, 2.75) is 99.0 Å². The molecule has 0 aliphatic carbocycles. The Kier molecular flexibility index (Phi) is 8.99. The van der Waals surface area contributed by atoms with E-state index in [1.165, 1.54) is 6.92 Å². The highest BCUT2D eigenvalue weighted by Crippen LogP contribution is 2.32. The molecule has 3 fully saturated rings. The lowest BCUT2D eigenvalue weighted by Gasteiger charge is -2.48. The van der Waals surface area contributed by atoms with E-state index in [1.807, 2.05) is 0 Å². The van der Waals surface area contributed by atoms with Crippen LogP contribution in [-0.4, -0.2) is 156 Å². The van der Waals surface area contributed by atoms with Crippen LogP contribution < -0.4 is 0 Å². The second-order valence-corrected chi connectivity index (χ2v) is 8.32. The number of aliphatic hydroxyl groups excluding tert-OH is 10. The van der Waals surface area contributed by atoms with Crippen LogP contribution in [-0.2, 0) is 23.7 Å². The van der Waals surface area contributed by atoms with E-state index in [4.69, 9.17) is 23.7 Å². The first kappa shape index (κ1) is 27.0. The summed E-state index contributed by atoms with van der Waals surface area (Å²) in [5, 5.41) is 99.8. The molecule has 194 valence electrons. The van der Waals surface area contributed by atoms with Gasteiger partial charge in [0, 0.05) is 0 Å². The van der Waals surface area contributed by atoms with E-state index >= 15 is 0 Å². The number of ether oxygens (including phenoxy) is 5. The van der Waals surface area contributed by atoms with Gasteiger partial charge in [0.1, 0.15) is 67.1 Å². The molecule has 1 unspecified atom stereocenters. The lowest BCUT2D eigenvalue weighted by molar-refractivity contribution is -0.385. The maximum atomic E-state index is 10.6. The molecule has 0 radical (unpaired) electrons. The zero-order chi connectivity index (χ0) is 24.6. The van der Waals surface area contributed by atoms with Crippen molar-refractivity contribution >= 4 is 0 Å². The van der Waals surface area contributed by atoms with Gasteiger partial charge in [0.15, 0.2) is 18.9 Å². The largest absolute Gasteiger partial charge is 0.394 e. The fraction of sp³-hybridized carbons (Fsp3) is 1.00. The number of hydrogen-bond acceptors (Lipinski definition) is 15. The van der Waals surface area contributed by atoms with Gasteiger partial charge in [-0.05, 0) is 6.92 Å². The van der Waals surface area contributed by atoms with Crippen molar-refractivity contribution < 1.29 is 74.7 Å². The first-order chi connectivity index (χ1) is 15.5. The highest BCUT2D eigenvalue weighted by atomic mass is 16.8. The summed E-state index contributed by atoms with van der Waals surface area (Å²) >= 11 is 0. The minimum absolute atomic E-state index is 0.760. The Hall–Kier alpha value is -0.600. The number of hydrogen-bond donors (Lipinski definition) is 10. The van der Waals surface area contributed by atoms with Crippen LogP contribution in [0.5, 0.6) is 0 Å². The summed E-state index contributed by atoms with van der Waals surface area (Å²) in [6.45, 7) is -0.128. The predicted molar refractivity (Wildman–Crippen MR) is 99.8 cm³/mol. The quantitative estimate of drug-likeness (QED) is 0.167. The van der Waals surface area contributed by atoms with Crippen molar-refractivity contribution in [2.75, 3.05) is 13.2 Å². The average Bonchev–Trinajstić information content (AvgIpc) is 2.80. The molecule has 0 aromatic carbocycles. The van der Waals surface area contributed by atoms with E-state index in [-0.39, 0.29) is 0 Å². The van der Waals surface area contributed by atoms with Crippen molar-refractivity contribution in [1.29, 1.82) is 0 Å². The highest BCUT2D eigenvalue weighted by molar-refractivity contribution is 4.95. The number of aliphatic hydroxyl groups is 10. The van der Waals surface area contributed by atoms with Crippen molar-refractivity contribution in [1.82, 2.24) is 0 Å². The van der Waals surface area contributed by atoms with Crippen molar-refractivity contribution in [3.8, 4) is 0 Å². The highest BCUT2D eigenvalue weighted by Gasteiger charge is 2.53. The van der Waals surface area contributed by atoms with Gasteiger partial charge in [-0.2, -0.15) is 0 Å². The molecule has 3 saturated heterocycles. The first-order valence-corrected chi connectivity index (χ1v) is 10.4. The van der Waals surface area contributed by atoms with E-state index in [0.29, 0.717) is 0 Å². The lowest BCUT2D eigenvalue weighted by atomic mass is 9.96. The van der Waals surface area contributed by atoms with Gasteiger partial charge in [-0.1, -0.05) is 0 Å². The maximum absolute atomic E-state index is 10.6. The van der Waals surface area contributed by atoms with E-state index in [2.05, 4.69) is 0 Å². The minimum atomic E-state index is -1.83. The Labute approximate surface area is 187 Å². The van der Waals surface area contributed by atoms with Gasteiger partial charge in [-0.15, -0.1) is 0 Å². The third kappa shape index (κ3) is 5.32. The van der Waals surface area contributed by atoms with E-state index in [9.17, 15) is 51.1 Å². The number of rotatable bonds is 6. The summed E-state index contributed by atoms with van der Waals surface area (Å²) in [4.78, 5) is 0. The van der Waals surface area contributed by atoms with Crippen LogP contribution in [0.3, 0.4) is 0 Å². The standard InChI is InChI=1S/C18H32O15/c1-4-7(21)9(23)13(27)17(29-4)33-15-10(24)8(22)5(2-19)31-18(15)32-14-6(3-20)30-16(28)12(26)11(14)25/h4-28H,2-3H2,1H3/t4-,5-,6-,7+,8+,9+,10+,11-,12-,13-,14-,15-,16?,17+,18+/m1/s1. The molecule has 3 rings (SSSR count). The molecule has 0 amide bonds. The summed E-state index contributed by atoms with van der Waals surface area (Å²) in [6, 6.07) is 0. The Morgan fingerprint density at radius 2 is 1.12 bits per heavy atom. The predicted octanol–water partition coefficient (Wildman–Crippen LogP) is -6.55. The van der Waals surface area contributed by atoms with Crippen molar-refractivity contribution in [3.63, 3.8) is 0 Å². The Balaban J connectivity index is 1.83. The van der Waals surface area contributed by atoms with Gasteiger partial charge in [-0.25, -0.2) is 0 Å². The van der Waals surface area contributed by atoms with Crippen molar-refractivity contribution in [2.24, 2.45) is 0 Å². The fourth-order valence-corrected chi connectivity index (χ4v) is 3.98. The van der Waals surface area contributed by atoms with Crippen LogP contribution in [0.15, 0.2) is 0 Å². The monoisotopic (exact) mass is 488 g/mol. The van der Waals surface area contributed by atoms with E-state index in [0.717, 1.165) is 0 Å². The smallest absolute Gasteiger partial charge is 0.187 e. The molecule has 3 aliphatic heterocycles. The van der Waals surface area contributed by atoms with Crippen LogP contribution in [0, 0.1) is 0 Å². The molecule has 0 aromatic rings. The molecule has 10 N–H and O–H groups in total. The minimum Gasteiger partial charge on any atom is -0.394 e. The Bertz CT molecular complexity index is 624. The lowest BCUT2D eigenvalue weighted by Crippen LogP contribution is -2.66. The molecule has 0 saturated carbocycles. The molecule has 15 nitrogen and oxygen atoms in total. The molecule has 0 bridgehead atoms. The van der Waals surface area contributed by atoms with Crippen LogP contribution in [0.4, 0.5) is 0 Å². The van der Waals surface area contributed by atoms with Gasteiger partial charge in [-0.3, -0.25) is 0 Å². The third-order valence-electron chi connectivity index (χ3n) is 6.05. The second kappa shape index (κ2) is 11.0. The summed E-state index contributed by atoms with van der Waals surface area (Å²) in [5.74, 6) is 0. The summed E-state index contributed by atoms with van der Waals surface area (Å²) < 4.78 is 26.9. The molecular weight excluding hydrogens is 456 g/mol. The topological polar surface area (TPSA) is 248 Å². The molecule has 3 heterocycles. The third-order valence-corrected chi connectivity index (χ3v) is 6.05. The summed E-state index contributed by atoms with van der Waals surface area (Å²) in [7, 11) is 0. The Morgan fingerprint density at radius 1 is 0.545 bits per heavy atom. The van der Waals surface area contributed by atoms with Crippen LogP contribution in [0.25, 0.3) is 0 Å². The van der Waals surface area contributed by atoms with Gasteiger partial charge in [0.2, 0.25) is 0 Å². The van der Waals surface area contributed by atoms with E-state index in [1.54, 1.807) is 0 Å². The zero-order valence-corrected chi connectivity index (χ0v) is 17.6. The second-order valence-electron chi connectivity index (χ2n) is 8.32. The molecule has 15 heteroatoms. The normalized spacial score (nSPS) is 53.7. The van der Waals surface area contributed by atoms with Crippen LogP contribution in [0.1, 0.15) is 6.92 Å². The molecular formula is C18H32O15. The van der Waals surface area contributed by atoms with E-state index < -0.39 is 105 Å². The Morgan fingerprint density at radius 3 is 1.73 bits per heavy atom. The molecule has 33 heavy (non-hydrogen) atoms. The van der Waals surface area contributed by atoms with Gasteiger partial charge >= 0.3 is 0 Å². The maximum Gasteiger partial charge on any atom is 0.187 e. The molecule has 15 atom stereocenters. The zero-order valence-electron chi connectivity index (χ0n) is 17.6. The summed E-state index contributed by atoms with van der Waals surface area (Å²) in [5.41, 5.74) is 0. The summed E-state index contributed by atoms with van der Waals surface area (Å²) in [6.07, 6.45) is -24.1. The first-order valence-electron chi connectivity index (χ1n) is 10.4. The average molecular weight is 488 g/mol. The van der Waals surface area contributed by atoms with Crippen LogP contribution in [0.2, 0.25) is 0 Å². The van der Waals surface area contributed by atoms with Gasteiger partial charge in [0.05, 0.1) is 19.3 Å². The van der Waals surface area contributed by atoms with Gasteiger partial charge in [0.25, 0.3) is 0 Å². The van der Waals surface area contributed by atoms with Gasteiger partial charge < -0.3 is 74.7 Å².